The van der Waals surface area contributed by atoms with Gasteiger partial charge in [-0.3, -0.25) is 9.59 Å². The summed E-state index contributed by atoms with van der Waals surface area (Å²) in [6.45, 7) is 0. The maximum Gasteiger partial charge on any atom is 0.344 e. The summed E-state index contributed by atoms with van der Waals surface area (Å²) in [6, 6.07) is 30.0. The molecule has 0 heterocycles. The molecule has 9 heteroatoms. The Balaban J connectivity index is 1.44. The minimum Gasteiger partial charge on any atom is -0.423 e. The van der Waals surface area contributed by atoms with Crippen LogP contribution in [-0.2, 0) is 4.79 Å². The summed E-state index contributed by atoms with van der Waals surface area (Å²) in [5.74, 6) is -1.08. The third-order valence-corrected chi connectivity index (χ3v) is 6.75. The second-order valence-corrected chi connectivity index (χ2v) is 10.2. The molecule has 0 aliphatic rings. The molecule has 206 valence electrons. The second-order valence-electron chi connectivity index (χ2n) is 9.00. The zero-order chi connectivity index (χ0) is 29.2. The summed E-state index contributed by atoms with van der Waals surface area (Å²) in [7, 11) is 3.88. The van der Waals surface area contributed by atoms with Gasteiger partial charge in [0.1, 0.15) is 11.4 Å². The normalized spacial score (nSPS) is 11.1. The molecule has 0 aromatic heterocycles. The van der Waals surface area contributed by atoms with E-state index in [0.717, 1.165) is 14.8 Å². The fraction of sp³-hybridized carbons (Fsp3) is 0.0625. The third kappa shape index (κ3) is 8.36. The number of anilines is 1. The van der Waals surface area contributed by atoms with Crippen LogP contribution in [0.15, 0.2) is 114 Å². The average molecular weight is 658 g/mol. The SMILES string of the molecule is CN(C)c1ccc(/C=C(\NC(=O)c2ccccc2)C(=O)N/N=C/c2ccc(OC(=O)c3ccccc3I)cc2)cc1. The van der Waals surface area contributed by atoms with E-state index in [9.17, 15) is 14.4 Å². The number of amides is 2. The lowest BCUT2D eigenvalue weighted by molar-refractivity contribution is -0.117. The van der Waals surface area contributed by atoms with Crippen LogP contribution in [0.3, 0.4) is 0 Å². The zero-order valence-electron chi connectivity index (χ0n) is 22.4. The van der Waals surface area contributed by atoms with E-state index in [2.05, 4.69) is 38.4 Å². The molecule has 2 amide bonds. The van der Waals surface area contributed by atoms with Gasteiger partial charge < -0.3 is 15.0 Å². The molecule has 4 aromatic rings. The van der Waals surface area contributed by atoms with Crippen LogP contribution < -0.4 is 20.4 Å². The average Bonchev–Trinajstić information content (AvgIpc) is 2.98. The van der Waals surface area contributed by atoms with Crippen molar-refractivity contribution in [1.82, 2.24) is 10.7 Å². The van der Waals surface area contributed by atoms with E-state index in [1.54, 1.807) is 66.7 Å². The van der Waals surface area contributed by atoms with E-state index in [0.29, 0.717) is 22.4 Å². The van der Waals surface area contributed by atoms with Gasteiger partial charge >= 0.3 is 5.97 Å². The van der Waals surface area contributed by atoms with Gasteiger partial charge in [0.15, 0.2) is 0 Å². The van der Waals surface area contributed by atoms with Crippen molar-refractivity contribution in [2.24, 2.45) is 5.10 Å². The lowest BCUT2D eigenvalue weighted by Crippen LogP contribution is -2.32. The van der Waals surface area contributed by atoms with Crippen molar-refractivity contribution in [3.05, 3.63) is 135 Å². The van der Waals surface area contributed by atoms with Gasteiger partial charge in [-0.05, 0) is 100 Å². The molecule has 4 aromatic carbocycles. The first-order valence-electron chi connectivity index (χ1n) is 12.6. The van der Waals surface area contributed by atoms with Crippen LogP contribution in [0.5, 0.6) is 5.75 Å². The number of hydrogen-bond donors (Lipinski definition) is 2. The van der Waals surface area contributed by atoms with Gasteiger partial charge in [0, 0.05) is 28.9 Å². The smallest absolute Gasteiger partial charge is 0.344 e. The summed E-state index contributed by atoms with van der Waals surface area (Å²) < 4.78 is 6.25. The molecular formula is C32H27IN4O4. The zero-order valence-corrected chi connectivity index (χ0v) is 24.5. The Morgan fingerprint density at radius 3 is 2.10 bits per heavy atom. The van der Waals surface area contributed by atoms with Gasteiger partial charge in [-0.15, -0.1) is 0 Å². The number of carbonyl (C=O) groups excluding carboxylic acids is 3. The number of benzene rings is 4. The molecule has 0 atom stereocenters. The lowest BCUT2D eigenvalue weighted by atomic mass is 10.1. The molecule has 4 rings (SSSR count). The number of rotatable bonds is 9. The van der Waals surface area contributed by atoms with Crippen LogP contribution in [0, 0.1) is 3.57 Å². The molecule has 0 spiro atoms. The Bertz CT molecular complexity index is 1580. The monoisotopic (exact) mass is 658 g/mol. The van der Waals surface area contributed by atoms with E-state index in [1.807, 2.05) is 61.5 Å². The summed E-state index contributed by atoms with van der Waals surface area (Å²) in [4.78, 5) is 40.2. The Labute approximate surface area is 251 Å². The number of nitrogens with one attached hydrogen (secondary N) is 2. The standard InChI is InChI=1S/C32H27IN4O4/c1-37(2)25-16-12-22(13-17-25)20-29(35-30(38)24-8-4-3-5-9-24)31(39)36-34-21-23-14-18-26(19-15-23)41-32(40)27-10-6-7-11-28(27)33/h3-21H,1-2H3,(H,35,38)(H,36,39)/b29-20-,34-21+. The van der Waals surface area contributed by atoms with E-state index in [-0.39, 0.29) is 5.70 Å². The van der Waals surface area contributed by atoms with Crippen molar-refractivity contribution in [2.75, 3.05) is 19.0 Å². The highest BCUT2D eigenvalue weighted by Crippen LogP contribution is 2.17. The van der Waals surface area contributed by atoms with Crippen molar-refractivity contribution in [1.29, 1.82) is 0 Å². The number of hydrogen-bond acceptors (Lipinski definition) is 6. The Kier molecular flexibility index (Phi) is 10.0. The van der Waals surface area contributed by atoms with Crippen LogP contribution in [0.4, 0.5) is 5.69 Å². The van der Waals surface area contributed by atoms with Crippen LogP contribution in [0.2, 0.25) is 0 Å². The number of carbonyl (C=O) groups is 3. The van der Waals surface area contributed by atoms with Gasteiger partial charge in [-0.25, -0.2) is 10.2 Å². The van der Waals surface area contributed by atoms with Gasteiger partial charge in [0.05, 0.1) is 11.8 Å². The fourth-order valence-electron chi connectivity index (χ4n) is 3.61. The topological polar surface area (TPSA) is 100 Å². The second kappa shape index (κ2) is 14.0. The quantitative estimate of drug-likeness (QED) is 0.0619. The van der Waals surface area contributed by atoms with E-state index in [1.165, 1.54) is 6.21 Å². The van der Waals surface area contributed by atoms with E-state index in [4.69, 9.17) is 4.74 Å². The maximum atomic E-state index is 13.0. The number of nitrogens with zero attached hydrogens (tertiary/aromatic N) is 2. The van der Waals surface area contributed by atoms with Gasteiger partial charge in [-0.1, -0.05) is 42.5 Å². The van der Waals surface area contributed by atoms with Crippen molar-refractivity contribution < 1.29 is 19.1 Å². The minimum atomic E-state index is -0.592. The summed E-state index contributed by atoms with van der Waals surface area (Å²) in [5, 5.41) is 6.73. The van der Waals surface area contributed by atoms with E-state index >= 15 is 0 Å². The molecule has 0 bridgehead atoms. The Morgan fingerprint density at radius 2 is 1.44 bits per heavy atom. The molecule has 0 aliphatic heterocycles. The van der Waals surface area contributed by atoms with Gasteiger partial charge in [0.2, 0.25) is 0 Å². The minimum absolute atomic E-state index is 0.0337. The van der Waals surface area contributed by atoms with Crippen molar-refractivity contribution in [2.45, 2.75) is 0 Å². The van der Waals surface area contributed by atoms with Crippen molar-refractivity contribution in [3.63, 3.8) is 0 Å². The molecule has 0 saturated heterocycles. The van der Waals surface area contributed by atoms with Crippen molar-refractivity contribution in [3.8, 4) is 5.75 Å². The summed E-state index contributed by atoms with van der Waals surface area (Å²) >= 11 is 2.09. The van der Waals surface area contributed by atoms with E-state index < -0.39 is 17.8 Å². The van der Waals surface area contributed by atoms with Crippen LogP contribution in [0.1, 0.15) is 31.8 Å². The molecule has 0 unspecified atom stereocenters. The third-order valence-electron chi connectivity index (χ3n) is 5.81. The lowest BCUT2D eigenvalue weighted by Gasteiger charge is -2.12. The molecule has 0 radical (unpaired) electrons. The molecule has 8 nitrogen and oxygen atoms in total. The highest BCUT2D eigenvalue weighted by molar-refractivity contribution is 14.1. The maximum absolute atomic E-state index is 13.0. The van der Waals surface area contributed by atoms with Crippen molar-refractivity contribution >= 4 is 58.4 Å². The Hall–Kier alpha value is -4.77. The number of esters is 1. The highest BCUT2D eigenvalue weighted by atomic mass is 127. The molecule has 0 fully saturated rings. The fourth-order valence-corrected chi connectivity index (χ4v) is 4.22. The summed E-state index contributed by atoms with van der Waals surface area (Å²) in [6.07, 6.45) is 3.04. The molecule has 0 saturated carbocycles. The van der Waals surface area contributed by atoms with Gasteiger partial charge in [-0.2, -0.15) is 5.10 Å². The first kappa shape index (κ1) is 29.2. The molecular weight excluding hydrogens is 631 g/mol. The predicted molar refractivity (Wildman–Crippen MR) is 169 cm³/mol. The number of hydrazone groups is 1. The molecule has 2 N–H and O–H groups in total. The highest BCUT2D eigenvalue weighted by Gasteiger charge is 2.15. The largest absolute Gasteiger partial charge is 0.423 e. The number of halogens is 1. The summed E-state index contributed by atoms with van der Waals surface area (Å²) in [5.41, 5.74) is 5.80. The molecule has 0 aliphatic carbocycles. The van der Waals surface area contributed by atoms with Crippen LogP contribution >= 0.6 is 22.6 Å². The predicted octanol–water partition coefficient (Wildman–Crippen LogP) is 5.50. The van der Waals surface area contributed by atoms with Gasteiger partial charge in [0.25, 0.3) is 11.8 Å². The van der Waals surface area contributed by atoms with Crippen LogP contribution in [-0.4, -0.2) is 38.1 Å². The first-order valence-corrected chi connectivity index (χ1v) is 13.6. The first-order chi connectivity index (χ1) is 19.8. The Morgan fingerprint density at radius 1 is 0.805 bits per heavy atom. The number of ether oxygens (including phenoxy) is 1. The van der Waals surface area contributed by atoms with Crippen LogP contribution in [0.25, 0.3) is 6.08 Å². The molecule has 41 heavy (non-hydrogen) atoms.